The van der Waals surface area contributed by atoms with Crippen LogP contribution < -0.4 is 10.6 Å². The Morgan fingerprint density at radius 3 is 2.45 bits per heavy atom. The first-order valence-corrected chi connectivity index (χ1v) is 6.31. The second kappa shape index (κ2) is 6.06. The van der Waals surface area contributed by atoms with Gasteiger partial charge in [-0.25, -0.2) is 0 Å². The molecule has 104 valence electrons. The summed E-state index contributed by atoms with van der Waals surface area (Å²) in [7, 11) is 0. The van der Waals surface area contributed by atoms with Crippen molar-refractivity contribution in [2.75, 3.05) is 10.6 Å². The zero-order valence-corrected chi connectivity index (χ0v) is 11.5. The lowest BCUT2D eigenvalue weighted by Crippen LogP contribution is -2.06. The van der Waals surface area contributed by atoms with Crippen molar-refractivity contribution < 1.29 is 9.90 Å². The summed E-state index contributed by atoms with van der Waals surface area (Å²) in [6, 6.07) is 10.7. The number of nitrogens with zero attached hydrogens (tertiary/aromatic N) is 1. The first-order chi connectivity index (χ1) is 9.54. The zero-order chi connectivity index (χ0) is 14.5. The van der Waals surface area contributed by atoms with Crippen LogP contribution in [0.25, 0.3) is 0 Å². The molecule has 0 spiro atoms. The third-order valence-corrected chi connectivity index (χ3v) is 2.75. The number of rotatable bonds is 4. The molecule has 0 radical (unpaired) electrons. The van der Waals surface area contributed by atoms with Gasteiger partial charge in [-0.2, -0.15) is 0 Å². The molecule has 0 bridgehead atoms. The Morgan fingerprint density at radius 2 is 1.80 bits per heavy atom. The molecular weight excluding hydrogens is 254 g/mol. The van der Waals surface area contributed by atoms with E-state index in [4.69, 9.17) is 0 Å². The van der Waals surface area contributed by atoms with Gasteiger partial charge in [-0.15, -0.1) is 0 Å². The molecule has 2 aromatic rings. The Kier molecular flexibility index (Phi) is 4.20. The van der Waals surface area contributed by atoms with Crippen molar-refractivity contribution in [3.63, 3.8) is 0 Å². The number of pyridine rings is 1. The topological polar surface area (TPSA) is 74.2 Å². The molecule has 0 aliphatic heterocycles. The molecule has 5 nitrogen and oxygen atoms in total. The number of carbonyl (C=O) groups is 1. The molecule has 1 heterocycles. The fourth-order valence-electron chi connectivity index (χ4n) is 1.79. The average molecular weight is 271 g/mol. The zero-order valence-electron chi connectivity index (χ0n) is 11.5. The van der Waals surface area contributed by atoms with Gasteiger partial charge in [0.1, 0.15) is 11.4 Å². The number of amides is 1. The van der Waals surface area contributed by atoms with Crippen LogP contribution in [0.2, 0.25) is 0 Å². The van der Waals surface area contributed by atoms with E-state index in [0.717, 1.165) is 17.1 Å². The molecule has 0 unspecified atom stereocenters. The molecule has 5 heteroatoms. The molecule has 0 atom stereocenters. The maximum atomic E-state index is 10.9. The minimum absolute atomic E-state index is 0.0976. The number of nitrogens with one attached hydrogen (secondary N) is 2. The number of aromatic nitrogens is 1. The predicted molar refractivity (Wildman–Crippen MR) is 78.7 cm³/mol. The van der Waals surface area contributed by atoms with E-state index in [1.165, 1.54) is 6.92 Å². The highest BCUT2D eigenvalue weighted by molar-refractivity contribution is 5.88. The first kappa shape index (κ1) is 13.9. The normalized spacial score (nSPS) is 10.1. The van der Waals surface area contributed by atoms with E-state index in [0.29, 0.717) is 12.2 Å². The van der Waals surface area contributed by atoms with Gasteiger partial charge in [0, 0.05) is 24.0 Å². The summed E-state index contributed by atoms with van der Waals surface area (Å²) >= 11 is 0. The van der Waals surface area contributed by atoms with Crippen molar-refractivity contribution in [2.45, 2.75) is 20.4 Å². The SMILES string of the molecule is CC(=O)Nc1ccc(NCc2nc(C)ccc2O)cc1. The Hall–Kier alpha value is -2.56. The third-order valence-electron chi connectivity index (χ3n) is 2.75. The van der Waals surface area contributed by atoms with Crippen LogP contribution in [0.15, 0.2) is 36.4 Å². The molecule has 3 N–H and O–H groups in total. The molecular formula is C15H17N3O2. The van der Waals surface area contributed by atoms with Crippen LogP contribution in [-0.2, 0) is 11.3 Å². The van der Waals surface area contributed by atoms with Crippen molar-refractivity contribution in [1.82, 2.24) is 4.98 Å². The van der Waals surface area contributed by atoms with Crippen LogP contribution in [0.4, 0.5) is 11.4 Å². The minimum Gasteiger partial charge on any atom is -0.506 e. The van der Waals surface area contributed by atoms with E-state index < -0.39 is 0 Å². The average Bonchev–Trinajstić information content (AvgIpc) is 2.41. The monoisotopic (exact) mass is 271 g/mol. The van der Waals surface area contributed by atoms with Crippen molar-refractivity contribution in [2.24, 2.45) is 0 Å². The van der Waals surface area contributed by atoms with E-state index in [2.05, 4.69) is 15.6 Å². The molecule has 2 rings (SSSR count). The van der Waals surface area contributed by atoms with Crippen LogP contribution in [0.1, 0.15) is 18.3 Å². The number of aromatic hydroxyl groups is 1. The lowest BCUT2D eigenvalue weighted by molar-refractivity contribution is -0.114. The third kappa shape index (κ3) is 3.71. The van der Waals surface area contributed by atoms with E-state index in [1.807, 2.05) is 31.2 Å². The second-order valence-electron chi connectivity index (χ2n) is 4.53. The summed E-state index contributed by atoms with van der Waals surface area (Å²) in [6.07, 6.45) is 0. The smallest absolute Gasteiger partial charge is 0.221 e. The molecule has 0 aliphatic rings. The van der Waals surface area contributed by atoms with Crippen molar-refractivity contribution in [3.8, 4) is 5.75 Å². The van der Waals surface area contributed by atoms with E-state index in [-0.39, 0.29) is 11.7 Å². The Morgan fingerprint density at radius 1 is 1.15 bits per heavy atom. The summed E-state index contributed by atoms with van der Waals surface area (Å²) in [5, 5.41) is 15.6. The van der Waals surface area contributed by atoms with Crippen LogP contribution in [0, 0.1) is 6.92 Å². The quantitative estimate of drug-likeness (QED) is 0.799. The van der Waals surface area contributed by atoms with Gasteiger partial charge in [-0.3, -0.25) is 9.78 Å². The van der Waals surface area contributed by atoms with Gasteiger partial charge in [0.05, 0.1) is 6.54 Å². The molecule has 0 fully saturated rings. The fourth-order valence-corrected chi connectivity index (χ4v) is 1.79. The highest BCUT2D eigenvalue weighted by Gasteiger charge is 2.03. The lowest BCUT2D eigenvalue weighted by atomic mass is 10.2. The number of carbonyl (C=O) groups excluding carboxylic acids is 1. The summed E-state index contributed by atoms with van der Waals surface area (Å²) in [5.41, 5.74) is 3.11. The van der Waals surface area contributed by atoms with Crippen LogP contribution in [0.3, 0.4) is 0 Å². The number of aryl methyl sites for hydroxylation is 1. The predicted octanol–water partition coefficient (Wildman–Crippen LogP) is 2.67. The highest BCUT2D eigenvalue weighted by atomic mass is 16.3. The van der Waals surface area contributed by atoms with Crippen LogP contribution in [-0.4, -0.2) is 16.0 Å². The molecule has 1 amide bonds. The Bertz CT molecular complexity index is 609. The van der Waals surface area contributed by atoms with Crippen LogP contribution in [0.5, 0.6) is 5.75 Å². The van der Waals surface area contributed by atoms with Gasteiger partial charge in [-0.1, -0.05) is 0 Å². The van der Waals surface area contributed by atoms with Crippen LogP contribution >= 0.6 is 0 Å². The largest absolute Gasteiger partial charge is 0.506 e. The molecule has 0 saturated carbocycles. The van der Waals surface area contributed by atoms with Crippen molar-refractivity contribution in [1.29, 1.82) is 0 Å². The first-order valence-electron chi connectivity index (χ1n) is 6.31. The van der Waals surface area contributed by atoms with Gasteiger partial charge in [0.25, 0.3) is 0 Å². The maximum Gasteiger partial charge on any atom is 0.221 e. The maximum absolute atomic E-state index is 10.9. The van der Waals surface area contributed by atoms with Gasteiger partial charge in [-0.05, 0) is 43.3 Å². The Balaban J connectivity index is 2.00. The second-order valence-corrected chi connectivity index (χ2v) is 4.53. The Labute approximate surface area is 117 Å². The van der Waals surface area contributed by atoms with Gasteiger partial charge >= 0.3 is 0 Å². The fraction of sp³-hybridized carbons (Fsp3) is 0.200. The summed E-state index contributed by atoms with van der Waals surface area (Å²) < 4.78 is 0. The standard InChI is InChI=1S/C15H17N3O2/c1-10-3-8-15(20)14(17-10)9-16-12-4-6-13(7-5-12)18-11(2)19/h3-8,16,20H,9H2,1-2H3,(H,18,19). The van der Waals surface area contributed by atoms with Gasteiger partial charge in [0.2, 0.25) is 5.91 Å². The molecule has 1 aromatic heterocycles. The molecule has 1 aromatic carbocycles. The van der Waals surface area contributed by atoms with E-state index >= 15 is 0 Å². The van der Waals surface area contributed by atoms with Crippen molar-refractivity contribution >= 4 is 17.3 Å². The van der Waals surface area contributed by atoms with E-state index in [1.54, 1.807) is 12.1 Å². The summed E-state index contributed by atoms with van der Waals surface area (Å²) in [6.45, 7) is 3.79. The minimum atomic E-state index is -0.0976. The molecule has 0 aliphatic carbocycles. The molecule has 0 saturated heterocycles. The highest BCUT2D eigenvalue weighted by Crippen LogP contribution is 2.18. The van der Waals surface area contributed by atoms with Gasteiger partial charge in [0.15, 0.2) is 0 Å². The van der Waals surface area contributed by atoms with E-state index in [9.17, 15) is 9.90 Å². The lowest BCUT2D eigenvalue weighted by Gasteiger charge is -2.09. The number of hydrogen-bond donors (Lipinski definition) is 3. The molecule has 20 heavy (non-hydrogen) atoms. The number of anilines is 2. The van der Waals surface area contributed by atoms with Gasteiger partial charge < -0.3 is 15.7 Å². The number of benzene rings is 1. The number of hydrogen-bond acceptors (Lipinski definition) is 4. The summed E-state index contributed by atoms with van der Waals surface area (Å²) in [5.74, 6) is 0.0811. The van der Waals surface area contributed by atoms with Crippen molar-refractivity contribution in [3.05, 3.63) is 47.8 Å². The summed E-state index contributed by atoms with van der Waals surface area (Å²) in [4.78, 5) is 15.2.